The highest BCUT2D eigenvalue weighted by Gasteiger charge is 2.28. The summed E-state index contributed by atoms with van der Waals surface area (Å²) in [6.07, 6.45) is 1.55. The van der Waals surface area contributed by atoms with E-state index in [9.17, 15) is 13.2 Å². The summed E-state index contributed by atoms with van der Waals surface area (Å²) in [6, 6.07) is 6.63. The number of aromatic nitrogens is 1. The maximum atomic E-state index is 12.3. The average molecular weight is 379 g/mol. The molecular formula is C17H21N3O5S. The first-order valence-electron chi connectivity index (χ1n) is 8.29. The van der Waals surface area contributed by atoms with Gasteiger partial charge in [-0.05, 0) is 31.9 Å². The first-order chi connectivity index (χ1) is 12.4. The summed E-state index contributed by atoms with van der Waals surface area (Å²) in [5.74, 6) is 0.914. The summed E-state index contributed by atoms with van der Waals surface area (Å²) in [6.45, 7) is 2.18. The first-order valence-corrected chi connectivity index (χ1v) is 9.90. The van der Waals surface area contributed by atoms with E-state index in [0.29, 0.717) is 41.5 Å². The van der Waals surface area contributed by atoms with Gasteiger partial charge in [-0.15, -0.1) is 0 Å². The second-order valence-electron chi connectivity index (χ2n) is 6.14. The van der Waals surface area contributed by atoms with Crippen LogP contribution in [-0.4, -0.2) is 38.9 Å². The molecule has 1 aromatic heterocycles. The van der Waals surface area contributed by atoms with Gasteiger partial charge in [-0.2, -0.15) is 0 Å². The smallest absolute Gasteiger partial charge is 0.235 e. The van der Waals surface area contributed by atoms with Crippen LogP contribution in [-0.2, 0) is 21.2 Å². The van der Waals surface area contributed by atoms with Gasteiger partial charge in [0.05, 0.1) is 30.7 Å². The van der Waals surface area contributed by atoms with Crippen molar-refractivity contribution in [2.45, 2.75) is 26.2 Å². The van der Waals surface area contributed by atoms with Gasteiger partial charge in [-0.3, -0.25) is 9.10 Å². The molecule has 1 saturated heterocycles. The number of methoxy groups -OCH3 is 1. The largest absolute Gasteiger partial charge is 0.494 e. The zero-order valence-corrected chi connectivity index (χ0v) is 15.5. The minimum Gasteiger partial charge on any atom is -0.494 e. The van der Waals surface area contributed by atoms with Gasteiger partial charge < -0.3 is 14.6 Å². The van der Waals surface area contributed by atoms with Crippen LogP contribution in [0, 0.1) is 6.92 Å². The van der Waals surface area contributed by atoms with Crippen LogP contribution in [0.1, 0.15) is 24.3 Å². The topological polar surface area (TPSA) is 102 Å². The van der Waals surface area contributed by atoms with Crippen LogP contribution in [0.3, 0.4) is 0 Å². The summed E-state index contributed by atoms with van der Waals surface area (Å²) < 4.78 is 36.3. The van der Waals surface area contributed by atoms with Crippen LogP contribution in [0.25, 0.3) is 0 Å². The summed E-state index contributed by atoms with van der Waals surface area (Å²) in [5.41, 5.74) is 1.55. The van der Waals surface area contributed by atoms with Gasteiger partial charge in [0.15, 0.2) is 0 Å². The van der Waals surface area contributed by atoms with E-state index >= 15 is 0 Å². The van der Waals surface area contributed by atoms with Gasteiger partial charge in [0.25, 0.3) is 0 Å². The van der Waals surface area contributed by atoms with Crippen molar-refractivity contribution in [3.05, 3.63) is 35.7 Å². The average Bonchev–Trinajstić information content (AvgIpc) is 2.99. The maximum Gasteiger partial charge on any atom is 0.235 e. The van der Waals surface area contributed by atoms with E-state index in [1.54, 1.807) is 31.2 Å². The Hall–Kier alpha value is -2.55. The molecule has 3 rings (SSSR count). The normalized spacial score (nSPS) is 16.3. The van der Waals surface area contributed by atoms with Crippen LogP contribution in [0.4, 0.5) is 11.4 Å². The molecule has 0 radical (unpaired) electrons. The van der Waals surface area contributed by atoms with Crippen LogP contribution in [0.5, 0.6) is 5.75 Å². The number of benzene rings is 1. The Labute approximate surface area is 152 Å². The SMILES string of the molecule is COc1cc(NC(=O)Cc2cc(C)on2)ccc1N1CCCCS1(=O)=O. The van der Waals surface area contributed by atoms with Crippen molar-refractivity contribution < 1.29 is 22.5 Å². The lowest BCUT2D eigenvalue weighted by Crippen LogP contribution is -2.38. The van der Waals surface area contributed by atoms with E-state index in [-0.39, 0.29) is 18.1 Å². The third-order valence-corrected chi connectivity index (χ3v) is 5.96. The molecule has 1 N–H and O–H groups in total. The Morgan fingerprint density at radius 2 is 2.15 bits per heavy atom. The quantitative estimate of drug-likeness (QED) is 0.854. The predicted molar refractivity (Wildman–Crippen MR) is 96.9 cm³/mol. The Morgan fingerprint density at radius 3 is 2.81 bits per heavy atom. The van der Waals surface area contributed by atoms with Crippen molar-refractivity contribution in [2.75, 3.05) is 29.0 Å². The number of hydrogen-bond donors (Lipinski definition) is 1. The molecule has 0 spiro atoms. The molecule has 140 valence electrons. The van der Waals surface area contributed by atoms with E-state index in [4.69, 9.17) is 9.26 Å². The van der Waals surface area contributed by atoms with Crippen molar-refractivity contribution in [3.8, 4) is 5.75 Å². The molecule has 0 atom stereocenters. The number of nitrogens with zero attached hydrogens (tertiary/aromatic N) is 2. The van der Waals surface area contributed by atoms with E-state index in [2.05, 4.69) is 10.5 Å². The molecule has 0 bridgehead atoms. The lowest BCUT2D eigenvalue weighted by atomic mass is 10.2. The Balaban J connectivity index is 1.77. The summed E-state index contributed by atoms with van der Waals surface area (Å²) in [4.78, 5) is 12.1. The Kier molecular flexibility index (Phi) is 5.17. The number of nitrogens with one attached hydrogen (secondary N) is 1. The highest BCUT2D eigenvalue weighted by Crippen LogP contribution is 2.34. The summed E-state index contributed by atoms with van der Waals surface area (Å²) >= 11 is 0. The molecule has 2 heterocycles. The van der Waals surface area contributed by atoms with Crippen molar-refractivity contribution in [2.24, 2.45) is 0 Å². The number of carbonyl (C=O) groups excluding carboxylic acids is 1. The van der Waals surface area contributed by atoms with Crippen LogP contribution < -0.4 is 14.4 Å². The number of anilines is 2. The van der Waals surface area contributed by atoms with Gasteiger partial charge in [-0.25, -0.2) is 8.42 Å². The van der Waals surface area contributed by atoms with Crippen LogP contribution >= 0.6 is 0 Å². The number of aryl methyl sites for hydroxylation is 1. The Bertz CT molecular complexity index is 907. The molecule has 9 heteroatoms. The molecule has 1 amide bonds. The molecule has 0 saturated carbocycles. The molecule has 1 aliphatic heterocycles. The number of hydrogen-bond acceptors (Lipinski definition) is 6. The minimum atomic E-state index is -3.34. The van der Waals surface area contributed by atoms with Crippen molar-refractivity contribution >= 4 is 27.3 Å². The second kappa shape index (κ2) is 7.36. The third-order valence-electron chi connectivity index (χ3n) is 4.10. The number of ether oxygens (including phenoxy) is 1. The monoisotopic (exact) mass is 379 g/mol. The predicted octanol–water partition coefficient (Wildman–Crippen LogP) is 2.10. The number of rotatable bonds is 5. The fraction of sp³-hybridized carbons (Fsp3) is 0.412. The summed E-state index contributed by atoms with van der Waals surface area (Å²) in [7, 11) is -1.86. The van der Waals surface area contributed by atoms with Crippen molar-refractivity contribution in [1.82, 2.24) is 5.16 Å². The van der Waals surface area contributed by atoms with Gasteiger partial charge in [-0.1, -0.05) is 5.16 Å². The van der Waals surface area contributed by atoms with E-state index in [0.717, 1.165) is 6.42 Å². The lowest BCUT2D eigenvalue weighted by molar-refractivity contribution is -0.115. The first kappa shape index (κ1) is 18.2. The van der Waals surface area contributed by atoms with Crippen molar-refractivity contribution in [3.63, 3.8) is 0 Å². The standard InChI is InChI=1S/C17H21N3O5S/c1-12-9-14(19-25-12)11-17(21)18-13-5-6-15(16(10-13)24-2)20-7-3-4-8-26(20,22)23/h5-6,9-10H,3-4,7-8,11H2,1-2H3,(H,18,21). The van der Waals surface area contributed by atoms with Gasteiger partial charge >= 0.3 is 0 Å². The Morgan fingerprint density at radius 1 is 1.35 bits per heavy atom. The molecule has 1 aliphatic rings. The number of amides is 1. The molecule has 2 aromatic rings. The minimum absolute atomic E-state index is 0.0852. The fourth-order valence-electron chi connectivity index (χ4n) is 2.89. The zero-order valence-electron chi connectivity index (χ0n) is 14.7. The fourth-order valence-corrected chi connectivity index (χ4v) is 4.54. The maximum absolute atomic E-state index is 12.3. The number of sulfonamides is 1. The molecule has 0 aliphatic carbocycles. The van der Waals surface area contributed by atoms with Gasteiger partial charge in [0.2, 0.25) is 15.9 Å². The molecule has 26 heavy (non-hydrogen) atoms. The van der Waals surface area contributed by atoms with Crippen molar-refractivity contribution in [1.29, 1.82) is 0 Å². The molecule has 8 nitrogen and oxygen atoms in total. The van der Waals surface area contributed by atoms with Gasteiger partial charge in [0, 0.05) is 24.4 Å². The highest BCUT2D eigenvalue weighted by atomic mass is 32.2. The van der Waals surface area contributed by atoms with E-state index in [1.807, 2.05) is 0 Å². The lowest BCUT2D eigenvalue weighted by Gasteiger charge is -2.29. The van der Waals surface area contributed by atoms with Crippen LogP contribution in [0.2, 0.25) is 0 Å². The van der Waals surface area contributed by atoms with Gasteiger partial charge in [0.1, 0.15) is 11.5 Å². The third kappa shape index (κ3) is 3.98. The second-order valence-corrected chi connectivity index (χ2v) is 8.15. The van der Waals surface area contributed by atoms with E-state index in [1.165, 1.54) is 11.4 Å². The van der Waals surface area contributed by atoms with Crippen LogP contribution in [0.15, 0.2) is 28.8 Å². The summed E-state index contributed by atoms with van der Waals surface area (Å²) in [5, 5.41) is 6.55. The molecular weight excluding hydrogens is 358 g/mol. The number of carbonyl (C=O) groups is 1. The zero-order chi connectivity index (χ0) is 18.7. The van der Waals surface area contributed by atoms with E-state index < -0.39 is 10.0 Å². The molecule has 1 aromatic carbocycles. The highest BCUT2D eigenvalue weighted by molar-refractivity contribution is 7.92. The molecule has 1 fully saturated rings. The molecule has 0 unspecified atom stereocenters.